The van der Waals surface area contributed by atoms with Crippen LogP contribution in [0.1, 0.15) is 19.3 Å². The van der Waals surface area contributed by atoms with Gasteiger partial charge in [0.1, 0.15) is 11.5 Å². The lowest BCUT2D eigenvalue weighted by Crippen LogP contribution is -2.30. The second-order valence-electron chi connectivity index (χ2n) is 14.1. The van der Waals surface area contributed by atoms with Crippen molar-refractivity contribution < 1.29 is 10.2 Å². The maximum atomic E-state index is 10.5. The van der Waals surface area contributed by atoms with Gasteiger partial charge >= 0.3 is 0 Å². The van der Waals surface area contributed by atoms with Gasteiger partial charge in [-0.1, -0.05) is 0 Å². The van der Waals surface area contributed by atoms with E-state index in [1.807, 2.05) is 73.1 Å². The Kier molecular flexibility index (Phi) is 9.70. The van der Waals surface area contributed by atoms with Gasteiger partial charge in [0.05, 0.1) is 22.8 Å². The highest BCUT2D eigenvalue weighted by atomic mass is 16.3. The van der Waals surface area contributed by atoms with Crippen molar-refractivity contribution in [3.05, 3.63) is 97.6 Å². The second-order valence-corrected chi connectivity index (χ2v) is 14.1. The molecule has 0 amide bonds. The summed E-state index contributed by atoms with van der Waals surface area (Å²) in [5.41, 5.74) is 4.67. The minimum Gasteiger partial charge on any atom is -0.507 e. The highest BCUT2D eigenvalue weighted by Crippen LogP contribution is 2.40. The Balaban J connectivity index is 0.000000152. The molecule has 2 aromatic carbocycles. The zero-order chi connectivity index (χ0) is 36.2. The van der Waals surface area contributed by atoms with Gasteiger partial charge in [0.15, 0.2) is 11.6 Å². The summed E-state index contributed by atoms with van der Waals surface area (Å²) in [7, 11) is 2.20. The number of rotatable bonds is 6. The summed E-state index contributed by atoms with van der Waals surface area (Å²) >= 11 is 0. The van der Waals surface area contributed by atoms with Gasteiger partial charge in [-0.3, -0.25) is 0 Å². The van der Waals surface area contributed by atoms with E-state index in [1.54, 1.807) is 33.9 Å². The lowest BCUT2D eigenvalue weighted by molar-refractivity contribution is 0.312. The molecule has 0 bridgehead atoms. The summed E-state index contributed by atoms with van der Waals surface area (Å²) in [6.45, 7) is 8.35. The Morgan fingerprint density at radius 2 is 1.23 bits per heavy atom. The zero-order valence-corrected chi connectivity index (χ0v) is 29.8. The van der Waals surface area contributed by atoms with Crippen LogP contribution < -0.4 is 15.1 Å². The van der Waals surface area contributed by atoms with Gasteiger partial charge < -0.3 is 30.2 Å². The standard InChI is InChI=1S/C21H24N6O.C18H20N6O/c1-25-11-7-21(14-25)8-12-26(15-21)20-6-5-18(23-24-20)17-4-3-16(13-19(17)28)27-10-2-9-22-27;25-17-13-14(24-11-2-8-20-24)3-4-15(17)16-5-6-18(22-21-16)23-10-1-7-19-9-12-23/h2-6,9-10,13,28H,7-8,11-12,14-15H2,1H3;2-6,8,11,13,19,25H,1,7,9-10,12H2. The van der Waals surface area contributed by atoms with Crippen molar-refractivity contribution in [3.63, 3.8) is 0 Å². The largest absolute Gasteiger partial charge is 0.507 e. The SMILES string of the molecule is CN1CCC2(CCN(c3ccc(-c4ccc(-n5cccn5)cc4O)nn3)C2)C1.Oc1cc(-n2cccn2)ccc1-c1ccc(N2CCCNCC2)nn1. The predicted molar refractivity (Wildman–Crippen MR) is 204 cm³/mol. The highest BCUT2D eigenvalue weighted by Gasteiger charge is 2.42. The molecule has 1 unspecified atom stereocenters. The molecule has 3 aliphatic rings. The first-order valence-corrected chi connectivity index (χ1v) is 18.2. The average molecular weight is 713 g/mol. The van der Waals surface area contributed by atoms with Gasteiger partial charge in [-0.15, -0.1) is 20.4 Å². The lowest BCUT2D eigenvalue weighted by Gasteiger charge is -2.24. The maximum Gasteiger partial charge on any atom is 0.151 e. The van der Waals surface area contributed by atoms with E-state index in [2.05, 4.69) is 57.7 Å². The summed E-state index contributed by atoms with van der Waals surface area (Å²) in [5.74, 6) is 2.13. The fourth-order valence-corrected chi connectivity index (χ4v) is 7.57. The normalized spacial score (nSPS) is 19.0. The van der Waals surface area contributed by atoms with Gasteiger partial charge in [-0.2, -0.15) is 10.2 Å². The zero-order valence-electron chi connectivity index (χ0n) is 29.8. The van der Waals surface area contributed by atoms with E-state index in [-0.39, 0.29) is 11.5 Å². The molecule has 1 atom stereocenters. The molecule has 0 aliphatic carbocycles. The van der Waals surface area contributed by atoms with E-state index in [0.29, 0.717) is 27.9 Å². The second kappa shape index (κ2) is 15.0. The molecule has 3 N–H and O–H groups in total. The molecule has 3 saturated heterocycles. The van der Waals surface area contributed by atoms with Crippen LogP contribution in [-0.4, -0.2) is 114 Å². The van der Waals surface area contributed by atoms with Crippen LogP contribution in [0.5, 0.6) is 11.5 Å². The summed E-state index contributed by atoms with van der Waals surface area (Å²) in [4.78, 5) is 7.00. The molecule has 3 fully saturated rings. The Morgan fingerprint density at radius 1 is 0.623 bits per heavy atom. The molecule has 14 nitrogen and oxygen atoms in total. The molecule has 6 aromatic rings. The van der Waals surface area contributed by atoms with E-state index >= 15 is 0 Å². The van der Waals surface area contributed by atoms with Gasteiger partial charge in [0, 0.05) is 92.7 Å². The topological polar surface area (TPSA) is 149 Å². The van der Waals surface area contributed by atoms with Crippen LogP contribution >= 0.6 is 0 Å². The molecule has 14 heteroatoms. The third-order valence-corrected chi connectivity index (χ3v) is 10.4. The maximum absolute atomic E-state index is 10.5. The van der Waals surface area contributed by atoms with Crippen LogP contribution in [0.3, 0.4) is 0 Å². The first-order chi connectivity index (χ1) is 25.9. The van der Waals surface area contributed by atoms with Crippen molar-refractivity contribution in [2.75, 3.05) is 69.2 Å². The number of nitrogens with one attached hydrogen (secondary N) is 1. The van der Waals surface area contributed by atoms with Crippen LogP contribution in [0.25, 0.3) is 33.9 Å². The Hall–Kier alpha value is -5.86. The Bertz CT molecular complexity index is 2100. The number of hydrogen-bond acceptors (Lipinski definition) is 12. The first-order valence-electron chi connectivity index (χ1n) is 18.2. The minimum absolute atomic E-state index is 0.161. The number of phenols is 2. The summed E-state index contributed by atoms with van der Waals surface area (Å²) < 4.78 is 3.41. The van der Waals surface area contributed by atoms with Crippen molar-refractivity contribution in [1.82, 2.24) is 50.2 Å². The summed E-state index contributed by atoms with van der Waals surface area (Å²) in [5, 5.41) is 50.1. The first kappa shape index (κ1) is 34.2. The number of nitrogens with zero attached hydrogens (tertiary/aromatic N) is 11. The molecule has 7 heterocycles. The van der Waals surface area contributed by atoms with E-state index < -0.39 is 0 Å². The number of hydrogen-bond donors (Lipinski definition) is 3. The fourth-order valence-electron chi connectivity index (χ4n) is 7.57. The van der Waals surface area contributed by atoms with Crippen LogP contribution in [0.4, 0.5) is 11.6 Å². The molecule has 4 aromatic heterocycles. The molecule has 272 valence electrons. The summed E-state index contributed by atoms with van der Waals surface area (Å²) in [6, 6.07) is 22.4. The molecule has 9 rings (SSSR count). The Morgan fingerprint density at radius 3 is 1.74 bits per heavy atom. The number of phenolic OH excluding ortho intramolecular Hbond substituents is 2. The van der Waals surface area contributed by atoms with Crippen LogP contribution in [0.15, 0.2) is 97.6 Å². The number of aromatic hydroxyl groups is 2. The van der Waals surface area contributed by atoms with Crippen LogP contribution in [0.2, 0.25) is 0 Å². The smallest absolute Gasteiger partial charge is 0.151 e. The molecule has 0 saturated carbocycles. The van der Waals surface area contributed by atoms with Crippen molar-refractivity contribution >= 4 is 11.6 Å². The van der Waals surface area contributed by atoms with Crippen molar-refractivity contribution in [2.45, 2.75) is 19.3 Å². The van der Waals surface area contributed by atoms with Crippen LogP contribution in [0, 0.1) is 5.41 Å². The molecule has 1 spiro atoms. The number of anilines is 2. The van der Waals surface area contributed by atoms with Crippen molar-refractivity contribution in [2.24, 2.45) is 5.41 Å². The molecule has 53 heavy (non-hydrogen) atoms. The molecular weight excluding hydrogens is 669 g/mol. The van der Waals surface area contributed by atoms with Gasteiger partial charge in [0.2, 0.25) is 0 Å². The predicted octanol–water partition coefficient (Wildman–Crippen LogP) is 4.40. The van der Waals surface area contributed by atoms with Gasteiger partial charge in [-0.05, 0) is 100 Å². The van der Waals surface area contributed by atoms with Gasteiger partial charge in [0.25, 0.3) is 0 Å². The third-order valence-electron chi connectivity index (χ3n) is 10.4. The average Bonchev–Trinajstić information content (AvgIpc) is 4.01. The fraction of sp³-hybridized carbons (Fsp3) is 0.333. The minimum atomic E-state index is 0.161. The van der Waals surface area contributed by atoms with Crippen molar-refractivity contribution in [3.8, 4) is 45.4 Å². The van der Waals surface area contributed by atoms with E-state index in [1.165, 1.54) is 25.9 Å². The van der Waals surface area contributed by atoms with Crippen molar-refractivity contribution in [1.29, 1.82) is 0 Å². The Labute approximate surface area is 308 Å². The third kappa shape index (κ3) is 7.55. The monoisotopic (exact) mass is 712 g/mol. The number of likely N-dealkylation sites (tertiary alicyclic amines) is 1. The number of aromatic nitrogens is 8. The highest BCUT2D eigenvalue weighted by molar-refractivity contribution is 5.70. The molecular formula is C39H44N12O2. The summed E-state index contributed by atoms with van der Waals surface area (Å²) in [6.07, 6.45) is 10.7. The van der Waals surface area contributed by atoms with E-state index in [9.17, 15) is 10.2 Å². The van der Waals surface area contributed by atoms with Gasteiger partial charge in [-0.25, -0.2) is 9.36 Å². The molecule has 0 radical (unpaired) electrons. The van der Waals surface area contributed by atoms with Crippen LogP contribution in [-0.2, 0) is 0 Å². The van der Waals surface area contributed by atoms with E-state index in [4.69, 9.17) is 0 Å². The number of benzene rings is 2. The quantitative estimate of drug-likeness (QED) is 0.225. The van der Waals surface area contributed by atoms with E-state index in [0.717, 1.165) is 68.7 Å². The lowest BCUT2D eigenvalue weighted by atomic mass is 9.86. The molecule has 3 aliphatic heterocycles.